The Kier molecular flexibility index (Phi) is 8.92. The van der Waals surface area contributed by atoms with Crippen LogP contribution in [0.3, 0.4) is 0 Å². The summed E-state index contributed by atoms with van der Waals surface area (Å²) in [6.45, 7) is 0.191. The Bertz CT molecular complexity index is 809. The van der Waals surface area contributed by atoms with Crippen molar-refractivity contribution in [2.75, 3.05) is 26.0 Å². The molecule has 0 aliphatic rings. The summed E-state index contributed by atoms with van der Waals surface area (Å²) in [7, 11) is 5.26. The van der Waals surface area contributed by atoms with Gasteiger partial charge in [-0.3, -0.25) is 4.99 Å². The van der Waals surface area contributed by atoms with Gasteiger partial charge >= 0.3 is 6.18 Å². The molecule has 0 unspecified atom stereocenters. The van der Waals surface area contributed by atoms with Crippen LogP contribution in [0.25, 0.3) is 0 Å². The first kappa shape index (κ1) is 23.9. The van der Waals surface area contributed by atoms with E-state index in [1.54, 1.807) is 0 Å². The topological polar surface area (TPSA) is 52.6 Å². The maximum atomic E-state index is 13.2. The lowest BCUT2D eigenvalue weighted by molar-refractivity contribution is -0.138. The number of guanidine groups is 1. The molecule has 154 valence electrons. The van der Waals surface area contributed by atoms with E-state index >= 15 is 0 Å². The number of anilines is 1. The summed E-state index contributed by atoms with van der Waals surface area (Å²) >= 11 is 0. The highest BCUT2D eigenvalue weighted by Crippen LogP contribution is 2.32. The molecule has 0 spiro atoms. The molecule has 2 N–H and O–H groups in total. The van der Waals surface area contributed by atoms with Crippen LogP contribution in [-0.2, 0) is 19.3 Å². The number of rotatable bonds is 5. The molecule has 0 saturated heterocycles. The van der Waals surface area contributed by atoms with E-state index in [1.807, 2.05) is 37.2 Å². The van der Waals surface area contributed by atoms with Crippen LogP contribution < -0.4 is 15.5 Å². The largest absolute Gasteiger partial charge is 0.416 e. The smallest absolute Gasteiger partial charge is 0.363 e. The van der Waals surface area contributed by atoms with Gasteiger partial charge in [-0.2, -0.15) is 13.2 Å². The minimum Gasteiger partial charge on any atom is -0.363 e. The third-order valence-electron chi connectivity index (χ3n) is 3.73. The Morgan fingerprint density at radius 1 is 1.11 bits per heavy atom. The first-order valence-electron chi connectivity index (χ1n) is 8.14. The predicted octanol–water partition coefficient (Wildman–Crippen LogP) is 3.79. The summed E-state index contributed by atoms with van der Waals surface area (Å²) in [6, 6.07) is 8.16. The van der Waals surface area contributed by atoms with Crippen LogP contribution >= 0.6 is 24.0 Å². The number of alkyl halides is 3. The van der Waals surface area contributed by atoms with Crippen LogP contribution in [0.4, 0.5) is 23.4 Å². The average molecular weight is 511 g/mol. The lowest BCUT2D eigenvalue weighted by atomic mass is 10.1. The number of nitrogens with one attached hydrogen (secondary N) is 2. The summed E-state index contributed by atoms with van der Waals surface area (Å²) in [5.41, 5.74) is -0.327. The maximum absolute atomic E-state index is 13.2. The van der Waals surface area contributed by atoms with Gasteiger partial charge in [0.2, 0.25) is 0 Å². The van der Waals surface area contributed by atoms with Crippen molar-refractivity contribution < 1.29 is 17.6 Å². The number of hydrogen-bond donors (Lipinski definition) is 2. The van der Waals surface area contributed by atoms with Crippen LogP contribution in [0.15, 0.2) is 41.4 Å². The second-order valence-electron chi connectivity index (χ2n) is 5.96. The van der Waals surface area contributed by atoms with Crippen molar-refractivity contribution >= 4 is 35.8 Å². The molecule has 1 aromatic heterocycles. The van der Waals surface area contributed by atoms with Gasteiger partial charge in [-0.15, -0.1) is 24.0 Å². The highest BCUT2D eigenvalue weighted by atomic mass is 127. The third kappa shape index (κ3) is 6.80. The van der Waals surface area contributed by atoms with Crippen molar-refractivity contribution in [2.45, 2.75) is 19.3 Å². The first-order valence-corrected chi connectivity index (χ1v) is 8.14. The van der Waals surface area contributed by atoms with Crippen LogP contribution in [0.2, 0.25) is 0 Å². The summed E-state index contributed by atoms with van der Waals surface area (Å²) in [6.07, 6.45) is -4.63. The lowest BCUT2D eigenvalue weighted by Gasteiger charge is -2.16. The minimum absolute atomic E-state index is 0. The molecule has 0 radical (unpaired) electrons. The Morgan fingerprint density at radius 3 is 2.39 bits per heavy atom. The van der Waals surface area contributed by atoms with E-state index in [0.29, 0.717) is 18.6 Å². The third-order valence-corrected chi connectivity index (χ3v) is 3.73. The van der Waals surface area contributed by atoms with Gasteiger partial charge < -0.3 is 15.5 Å². The van der Waals surface area contributed by atoms with Crippen molar-refractivity contribution in [1.29, 1.82) is 0 Å². The van der Waals surface area contributed by atoms with Gasteiger partial charge in [0.25, 0.3) is 0 Å². The second-order valence-corrected chi connectivity index (χ2v) is 5.96. The molecular weight excluding hydrogens is 489 g/mol. The van der Waals surface area contributed by atoms with E-state index in [1.165, 1.54) is 7.05 Å². The second kappa shape index (κ2) is 10.4. The van der Waals surface area contributed by atoms with Crippen molar-refractivity contribution in [2.24, 2.45) is 4.99 Å². The molecule has 10 heteroatoms. The summed E-state index contributed by atoms with van der Waals surface area (Å²) < 4.78 is 52.3. The van der Waals surface area contributed by atoms with Crippen molar-refractivity contribution in [1.82, 2.24) is 15.6 Å². The number of nitrogens with zero attached hydrogens (tertiary/aromatic N) is 3. The first-order chi connectivity index (χ1) is 12.7. The van der Waals surface area contributed by atoms with E-state index in [2.05, 4.69) is 20.6 Å². The Hall–Kier alpha value is -2.11. The number of aliphatic imine (C=N–C) groups is 1. The molecule has 0 fully saturated rings. The van der Waals surface area contributed by atoms with E-state index < -0.39 is 17.6 Å². The van der Waals surface area contributed by atoms with Crippen LogP contribution in [0.1, 0.15) is 16.8 Å². The zero-order chi connectivity index (χ0) is 20.0. The van der Waals surface area contributed by atoms with E-state index in [0.717, 1.165) is 23.6 Å². The van der Waals surface area contributed by atoms with Crippen molar-refractivity contribution in [3.05, 3.63) is 59.0 Å². The van der Waals surface area contributed by atoms with Crippen molar-refractivity contribution in [3.63, 3.8) is 0 Å². The normalized spacial score (nSPS) is 11.6. The average Bonchev–Trinajstić information content (AvgIpc) is 2.62. The Labute approximate surface area is 178 Å². The lowest BCUT2D eigenvalue weighted by Crippen LogP contribution is -2.37. The van der Waals surface area contributed by atoms with Gasteiger partial charge in [0.1, 0.15) is 11.6 Å². The quantitative estimate of drug-likeness (QED) is 0.278. The van der Waals surface area contributed by atoms with E-state index in [-0.39, 0.29) is 36.1 Å². The molecule has 2 aromatic rings. The number of halogens is 5. The molecule has 0 aliphatic heterocycles. The van der Waals surface area contributed by atoms with Gasteiger partial charge in [-0.05, 0) is 29.8 Å². The van der Waals surface area contributed by atoms with Crippen LogP contribution in [-0.4, -0.2) is 32.1 Å². The van der Waals surface area contributed by atoms with Gasteiger partial charge in [0.05, 0.1) is 17.8 Å². The molecule has 0 bridgehead atoms. The summed E-state index contributed by atoms with van der Waals surface area (Å²) in [5, 5.41) is 5.80. The van der Waals surface area contributed by atoms with Crippen LogP contribution in [0.5, 0.6) is 0 Å². The molecule has 0 aliphatic carbocycles. The molecule has 0 saturated carbocycles. The SMILES string of the molecule is CN=C(NCc1cccc(N(C)C)n1)NCc1ccc(F)cc1C(F)(F)F.I. The number of hydrogen-bond acceptors (Lipinski definition) is 3. The van der Waals surface area contributed by atoms with Gasteiger partial charge in [0, 0.05) is 27.7 Å². The zero-order valence-corrected chi connectivity index (χ0v) is 18.0. The standard InChI is InChI=1S/C18H21F4N5.HI/c1-23-17(25-11-14-5-4-6-16(26-14)27(2)3)24-10-12-7-8-13(19)9-15(12)18(20,21)22;/h4-9H,10-11H2,1-3H3,(H2,23,24,25);1H. The van der Waals surface area contributed by atoms with Gasteiger partial charge in [-0.1, -0.05) is 12.1 Å². The number of benzene rings is 1. The molecule has 28 heavy (non-hydrogen) atoms. The highest BCUT2D eigenvalue weighted by Gasteiger charge is 2.33. The molecule has 5 nitrogen and oxygen atoms in total. The summed E-state index contributed by atoms with van der Waals surface area (Å²) in [4.78, 5) is 10.3. The van der Waals surface area contributed by atoms with Gasteiger partial charge in [0.15, 0.2) is 5.96 Å². The maximum Gasteiger partial charge on any atom is 0.416 e. The number of pyridine rings is 1. The molecule has 1 heterocycles. The van der Waals surface area contributed by atoms with Gasteiger partial charge in [-0.25, -0.2) is 9.37 Å². The Morgan fingerprint density at radius 2 is 1.79 bits per heavy atom. The minimum atomic E-state index is -4.63. The fraction of sp³-hybridized carbons (Fsp3) is 0.333. The predicted molar refractivity (Wildman–Crippen MR) is 112 cm³/mol. The van der Waals surface area contributed by atoms with Crippen LogP contribution in [0, 0.1) is 5.82 Å². The molecule has 1 aromatic carbocycles. The molecule has 0 atom stereocenters. The summed E-state index contributed by atoms with van der Waals surface area (Å²) in [5.74, 6) is 0.170. The highest BCUT2D eigenvalue weighted by molar-refractivity contribution is 14.0. The fourth-order valence-electron chi connectivity index (χ4n) is 2.36. The monoisotopic (exact) mass is 511 g/mol. The number of aromatic nitrogens is 1. The molecule has 2 rings (SSSR count). The van der Waals surface area contributed by atoms with Crippen molar-refractivity contribution in [3.8, 4) is 0 Å². The molecular formula is C18H22F4IN5. The fourth-order valence-corrected chi connectivity index (χ4v) is 2.36. The van der Waals surface area contributed by atoms with E-state index in [4.69, 9.17) is 0 Å². The molecule has 0 amide bonds. The van der Waals surface area contributed by atoms with E-state index in [9.17, 15) is 17.6 Å². The Balaban J connectivity index is 0.00000392. The zero-order valence-electron chi connectivity index (χ0n) is 15.6.